The van der Waals surface area contributed by atoms with E-state index in [9.17, 15) is 4.79 Å². The molecule has 0 saturated heterocycles. The van der Waals surface area contributed by atoms with Crippen molar-refractivity contribution in [2.24, 2.45) is 5.92 Å². The van der Waals surface area contributed by atoms with Gasteiger partial charge in [-0.15, -0.1) is 0 Å². The van der Waals surface area contributed by atoms with Gasteiger partial charge in [0.2, 0.25) is 0 Å². The Morgan fingerprint density at radius 3 is 2.09 bits per heavy atom. The minimum atomic E-state index is -0.622. The number of hydrogen-bond donors (Lipinski definition) is 0. The van der Waals surface area contributed by atoms with E-state index in [0.29, 0.717) is 0 Å². The Balaban J connectivity index is 4.01. The molecule has 0 rings (SSSR count). The number of rotatable bonds is 2. The molecule has 3 nitrogen and oxygen atoms in total. The predicted molar refractivity (Wildman–Crippen MR) is 42.4 cm³/mol. The molecule has 0 saturated carbocycles. The summed E-state index contributed by atoms with van der Waals surface area (Å²) in [4.78, 5) is 10.7. The molecule has 66 valence electrons. The Morgan fingerprint density at radius 1 is 1.36 bits per heavy atom. The number of carbonyl (C=O) groups excluding carboxylic acids is 1. The van der Waals surface area contributed by atoms with Gasteiger partial charge in [0.05, 0.1) is 7.11 Å². The fourth-order valence-corrected chi connectivity index (χ4v) is 0.374. The smallest absolute Gasteiger partial charge is 0.438 e. The number of carbonyl (C=O) groups is 1. The van der Waals surface area contributed by atoms with Gasteiger partial charge in [-0.25, -0.2) is 4.79 Å². The molecule has 0 bridgehead atoms. The molecule has 0 aliphatic heterocycles. The van der Waals surface area contributed by atoms with Gasteiger partial charge in [-0.3, -0.25) is 0 Å². The summed E-state index contributed by atoms with van der Waals surface area (Å²) in [6.45, 7) is 7.69. The van der Waals surface area contributed by atoms with Crippen molar-refractivity contribution in [2.45, 2.75) is 33.3 Å². The molecule has 0 atom stereocenters. The van der Waals surface area contributed by atoms with Crippen LogP contribution in [0.25, 0.3) is 0 Å². The van der Waals surface area contributed by atoms with Crippen LogP contribution in [0.3, 0.4) is 0 Å². The van der Waals surface area contributed by atoms with E-state index in [2.05, 4.69) is 4.74 Å². The van der Waals surface area contributed by atoms with E-state index < -0.39 is 11.8 Å². The van der Waals surface area contributed by atoms with Crippen LogP contribution in [0.4, 0.5) is 4.79 Å². The van der Waals surface area contributed by atoms with Crippen molar-refractivity contribution in [2.75, 3.05) is 7.11 Å². The van der Waals surface area contributed by atoms with Gasteiger partial charge in [-0.1, -0.05) is 13.8 Å². The highest BCUT2D eigenvalue weighted by Gasteiger charge is 2.27. The van der Waals surface area contributed by atoms with Gasteiger partial charge in [0, 0.05) is 0 Å². The zero-order chi connectivity index (χ0) is 9.07. The molecule has 0 N–H and O–H groups in total. The van der Waals surface area contributed by atoms with Crippen molar-refractivity contribution in [3.05, 3.63) is 0 Å². The van der Waals surface area contributed by atoms with Crippen molar-refractivity contribution < 1.29 is 14.3 Å². The lowest BCUT2D eigenvalue weighted by Crippen LogP contribution is -2.33. The first-order valence-electron chi connectivity index (χ1n) is 3.67. The Hall–Kier alpha value is -0.730. The summed E-state index contributed by atoms with van der Waals surface area (Å²) >= 11 is 0. The molecule has 0 fully saturated rings. The van der Waals surface area contributed by atoms with Gasteiger partial charge in [0.25, 0.3) is 0 Å². The third-order valence-corrected chi connectivity index (χ3v) is 1.90. The highest BCUT2D eigenvalue weighted by Crippen LogP contribution is 2.20. The van der Waals surface area contributed by atoms with Crippen LogP contribution in [0.2, 0.25) is 0 Å². The molecule has 3 heteroatoms. The van der Waals surface area contributed by atoms with Gasteiger partial charge in [-0.2, -0.15) is 0 Å². The molecule has 0 aromatic rings. The molecule has 0 aromatic carbocycles. The summed E-state index contributed by atoms with van der Waals surface area (Å²) in [5.41, 5.74) is -0.451. The molecule has 0 spiro atoms. The molecule has 0 heterocycles. The lowest BCUT2D eigenvalue weighted by molar-refractivity contribution is -0.0318. The first-order chi connectivity index (χ1) is 4.90. The van der Waals surface area contributed by atoms with Crippen molar-refractivity contribution in [1.29, 1.82) is 0 Å². The van der Waals surface area contributed by atoms with E-state index in [0.717, 1.165) is 0 Å². The largest absolute Gasteiger partial charge is 0.508 e. The highest BCUT2D eigenvalue weighted by atomic mass is 16.7. The van der Waals surface area contributed by atoms with Gasteiger partial charge >= 0.3 is 6.16 Å². The van der Waals surface area contributed by atoms with Crippen molar-refractivity contribution >= 4 is 6.16 Å². The number of ether oxygens (including phenoxy) is 2. The SMILES string of the molecule is COC(=O)OC(C)(C)C(C)C. The van der Waals surface area contributed by atoms with Gasteiger partial charge in [0.1, 0.15) is 5.60 Å². The van der Waals surface area contributed by atoms with Crippen LogP contribution in [-0.4, -0.2) is 18.9 Å². The van der Waals surface area contributed by atoms with Crippen LogP contribution in [0.5, 0.6) is 0 Å². The molecule has 11 heavy (non-hydrogen) atoms. The second-order valence-electron chi connectivity index (χ2n) is 3.31. The Bertz CT molecular complexity index is 138. The zero-order valence-electron chi connectivity index (χ0n) is 7.80. The highest BCUT2D eigenvalue weighted by molar-refractivity contribution is 5.60. The van der Waals surface area contributed by atoms with Crippen LogP contribution >= 0.6 is 0 Å². The maximum Gasteiger partial charge on any atom is 0.508 e. The lowest BCUT2D eigenvalue weighted by atomic mass is 9.95. The van der Waals surface area contributed by atoms with Crippen LogP contribution in [0.15, 0.2) is 0 Å². The first-order valence-corrected chi connectivity index (χ1v) is 3.67. The van der Waals surface area contributed by atoms with Crippen molar-refractivity contribution in [3.63, 3.8) is 0 Å². The fraction of sp³-hybridized carbons (Fsp3) is 0.875. The second kappa shape index (κ2) is 3.60. The zero-order valence-corrected chi connectivity index (χ0v) is 7.80. The lowest BCUT2D eigenvalue weighted by Gasteiger charge is -2.27. The molecule has 0 radical (unpaired) electrons. The molecular formula is C8H16O3. The Morgan fingerprint density at radius 2 is 1.82 bits per heavy atom. The summed E-state index contributed by atoms with van der Waals surface area (Å²) in [5.74, 6) is 0.279. The van der Waals surface area contributed by atoms with Crippen LogP contribution in [-0.2, 0) is 9.47 Å². The maximum atomic E-state index is 10.7. The standard InChI is InChI=1S/C8H16O3/c1-6(2)8(3,4)11-7(9)10-5/h6H,1-5H3. The molecule has 0 aliphatic rings. The Kier molecular flexibility index (Phi) is 3.36. The van der Waals surface area contributed by atoms with Crippen LogP contribution < -0.4 is 0 Å². The number of hydrogen-bond acceptors (Lipinski definition) is 3. The van der Waals surface area contributed by atoms with E-state index in [4.69, 9.17) is 4.74 Å². The van der Waals surface area contributed by atoms with Gasteiger partial charge in [-0.05, 0) is 19.8 Å². The summed E-state index contributed by atoms with van der Waals surface area (Å²) in [6, 6.07) is 0. The first kappa shape index (κ1) is 10.3. The van der Waals surface area contributed by atoms with Crippen molar-refractivity contribution in [1.82, 2.24) is 0 Å². The third kappa shape index (κ3) is 3.25. The van der Waals surface area contributed by atoms with Crippen LogP contribution in [0.1, 0.15) is 27.7 Å². The van der Waals surface area contributed by atoms with Crippen LogP contribution in [0, 0.1) is 5.92 Å². The van der Waals surface area contributed by atoms with E-state index in [-0.39, 0.29) is 5.92 Å². The van der Waals surface area contributed by atoms with E-state index in [1.165, 1.54) is 7.11 Å². The molecule has 0 amide bonds. The molecule has 0 aliphatic carbocycles. The normalized spacial score (nSPS) is 11.5. The molecule has 0 unspecified atom stereocenters. The van der Waals surface area contributed by atoms with Crippen molar-refractivity contribution in [3.8, 4) is 0 Å². The van der Waals surface area contributed by atoms with E-state index in [1.54, 1.807) is 0 Å². The number of methoxy groups -OCH3 is 1. The fourth-order valence-electron chi connectivity index (χ4n) is 0.374. The topological polar surface area (TPSA) is 35.5 Å². The predicted octanol–water partition coefficient (Wildman–Crippen LogP) is 2.20. The second-order valence-corrected chi connectivity index (χ2v) is 3.31. The summed E-state index contributed by atoms with van der Waals surface area (Å²) in [6.07, 6.45) is -0.622. The minimum absolute atomic E-state index is 0.279. The summed E-state index contributed by atoms with van der Waals surface area (Å²) < 4.78 is 9.36. The third-order valence-electron chi connectivity index (χ3n) is 1.90. The maximum absolute atomic E-state index is 10.7. The van der Waals surface area contributed by atoms with E-state index >= 15 is 0 Å². The average Bonchev–Trinajstić information content (AvgIpc) is 1.86. The van der Waals surface area contributed by atoms with E-state index in [1.807, 2.05) is 27.7 Å². The summed E-state index contributed by atoms with van der Waals surface area (Å²) in [5, 5.41) is 0. The monoisotopic (exact) mass is 160 g/mol. The summed E-state index contributed by atoms with van der Waals surface area (Å²) in [7, 11) is 1.30. The Labute approximate surface area is 67.7 Å². The molecular weight excluding hydrogens is 144 g/mol. The molecule has 0 aromatic heterocycles. The average molecular weight is 160 g/mol. The minimum Gasteiger partial charge on any atom is -0.438 e. The van der Waals surface area contributed by atoms with Gasteiger partial charge < -0.3 is 9.47 Å². The van der Waals surface area contributed by atoms with Gasteiger partial charge in [0.15, 0.2) is 0 Å². The quantitative estimate of drug-likeness (QED) is 0.581.